The van der Waals surface area contributed by atoms with Gasteiger partial charge in [-0.25, -0.2) is 0 Å². The van der Waals surface area contributed by atoms with Crippen molar-refractivity contribution >= 4 is 29.9 Å². The van der Waals surface area contributed by atoms with Crippen molar-refractivity contribution in [1.82, 2.24) is 4.90 Å². The highest BCUT2D eigenvalue weighted by Gasteiger charge is 2.15. The number of para-hydroxylation sites is 1. The molecule has 5 nitrogen and oxygen atoms in total. The van der Waals surface area contributed by atoms with E-state index in [9.17, 15) is 9.59 Å². The van der Waals surface area contributed by atoms with Crippen LogP contribution in [-0.4, -0.2) is 36.3 Å². The SMILES string of the molecule is Cc1cccc(C)c1NC(=O)CN(C)C(=O)CC(C)N.Cl. The lowest BCUT2D eigenvalue weighted by molar-refractivity contribution is -0.133. The van der Waals surface area contributed by atoms with E-state index in [-0.39, 0.29) is 43.2 Å². The summed E-state index contributed by atoms with van der Waals surface area (Å²) in [7, 11) is 1.61. The molecule has 0 aromatic heterocycles. The Morgan fingerprint density at radius 3 is 2.29 bits per heavy atom. The number of carbonyl (C=O) groups is 2. The molecule has 0 spiro atoms. The molecule has 0 fully saturated rings. The number of benzene rings is 1. The number of nitrogens with two attached hydrogens (primary N) is 1. The molecule has 0 saturated heterocycles. The monoisotopic (exact) mass is 313 g/mol. The van der Waals surface area contributed by atoms with Crippen LogP contribution in [0.25, 0.3) is 0 Å². The average Bonchev–Trinajstić information content (AvgIpc) is 2.33. The lowest BCUT2D eigenvalue weighted by Crippen LogP contribution is -2.37. The summed E-state index contributed by atoms with van der Waals surface area (Å²) in [4.78, 5) is 25.1. The lowest BCUT2D eigenvalue weighted by atomic mass is 10.1. The van der Waals surface area contributed by atoms with Gasteiger partial charge in [-0.1, -0.05) is 18.2 Å². The summed E-state index contributed by atoms with van der Waals surface area (Å²) in [5.41, 5.74) is 8.39. The van der Waals surface area contributed by atoms with Gasteiger partial charge in [0, 0.05) is 25.2 Å². The normalized spacial score (nSPS) is 11.3. The molecule has 0 bridgehead atoms. The third kappa shape index (κ3) is 6.14. The van der Waals surface area contributed by atoms with Crippen molar-refractivity contribution in [1.29, 1.82) is 0 Å². The number of amides is 2. The van der Waals surface area contributed by atoms with Gasteiger partial charge in [-0.15, -0.1) is 12.4 Å². The van der Waals surface area contributed by atoms with Crippen LogP contribution in [0.2, 0.25) is 0 Å². The van der Waals surface area contributed by atoms with E-state index >= 15 is 0 Å². The second-order valence-electron chi connectivity index (χ2n) is 5.25. The fraction of sp³-hybridized carbons (Fsp3) is 0.467. The Bertz CT molecular complexity index is 483. The number of nitrogens with one attached hydrogen (secondary N) is 1. The van der Waals surface area contributed by atoms with Crippen molar-refractivity contribution < 1.29 is 9.59 Å². The molecule has 0 radical (unpaired) electrons. The Kier molecular flexibility index (Phi) is 7.99. The highest BCUT2D eigenvalue weighted by molar-refractivity contribution is 5.95. The maximum atomic E-state index is 12.0. The van der Waals surface area contributed by atoms with Crippen molar-refractivity contribution in [2.24, 2.45) is 5.73 Å². The first-order valence-electron chi connectivity index (χ1n) is 6.67. The summed E-state index contributed by atoms with van der Waals surface area (Å²) >= 11 is 0. The van der Waals surface area contributed by atoms with Gasteiger partial charge in [-0.05, 0) is 31.9 Å². The standard InChI is InChI=1S/C15H23N3O2.ClH/c1-10-6-5-7-11(2)15(10)17-13(19)9-18(4)14(20)8-12(3)16;/h5-7,12H,8-9,16H2,1-4H3,(H,17,19);1H. The van der Waals surface area contributed by atoms with E-state index in [1.165, 1.54) is 4.90 Å². The van der Waals surface area contributed by atoms with E-state index in [4.69, 9.17) is 5.73 Å². The van der Waals surface area contributed by atoms with Gasteiger partial charge in [0.1, 0.15) is 0 Å². The Morgan fingerprint density at radius 2 is 1.81 bits per heavy atom. The second kappa shape index (κ2) is 8.64. The number of hydrogen-bond acceptors (Lipinski definition) is 3. The van der Waals surface area contributed by atoms with Crippen LogP contribution in [0, 0.1) is 13.8 Å². The highest BCUT2D eigenvalue weighted by Crippen LogP contribution is 2.19. The molecule has 0 aliphatic carbocycles. The van der Waals surface area contributed by atoms with Crippen LogP contribution in [0.4, 0.5) is 5.69 Å². The zero-order chi connectivity index (χ0) is 15.3. The van der Waals surface area contributed by atoms with Crippen LogP contribution in [0.3, 0.4) is 0 Å². The summed E-state index contributed by atoms with van der Waals surface area (Å²) < 4.78 is 0. The van der Waals surface area contributed by atoms with Crippen LogP contribution < -0.4 is 11.1 Å². The Labute approximate surface area is 132 Å². The van der Waals surface area contributed by atoms with Crippen LogP contribution in [0.15, 0.2) is 18.2 Å². The predicted molar refractivity (Wildman–Crippen MR) is 87.7 cm³/mol. The molecule has 1 aromatic rings. The van der Waals surface area contributed by atoms with E-state index in [1.54, 1.807) is 14.0 Å². The average molecular weight is 314 g/mol. The first-order valence-corrected chi connectivity index (χ1v) is 6.67. The minimum Gasteiger partial charge on any atom is -0.336 e. The molecule has 1 aromatic carbocycles. The third-order valence-electron chi connectivity index (χ3n) is 3.05. The van der Waals surface area contributed by atoms with Crippen molar-refractivity contribution in [2.45, 2.75) is 33.2 Å². The zero-order valence-electron chi connectivity index (χ0n) is 13.0. The van der Waals surface area contributed by atoms with Gasteiger partial charge in [0.05, 0.1) is 6.54 Å². The maximum absolute atomic E-state index is 12.0. The van der Waals surface area contributed by atoms with Gasteiger partial charge in [-0.3, -0.25) is 9.59 Å². The van der Waals surface area contributed by atoms with Crippen molar-refractivity contribution in [3.8, 4) is 0 Å². The summed E-state index contributed by atoms with van der Waals surface area (Å²) in [5, 5.41) is 2.85. The number of halogens is 1. The van der Waals surface area contributed by atoms with Crippen molar-refractivity contribution in [2.75, 3.05) is 18.9 Å². The number of hydrogen-bond donors (Lipinski definition) is 2. The maximum Gasteiger partial charge on any atom is 0.243 e. The van der Waals surface area contributed by atoms with Crippen LogP contribution in [0.1, 0.15) is 24.5 Å². The molecule has 0 heterocycles. The molecule has 1 unspecified atom stereocenters. The smallest absolute Gasteiger partial charge is 0.243 e. The van der Waals surface area contributed by atoms with Gasteiger partial charge in [0.15, 0.2) is 0 Å². The molecule has 3 N–H and O–H groups in total. The van der Waals surface area contributed by atoms with Crippen LogP contribution in [-0.2, 0) is 9.59 Å². The number of nitrogens with zero attached hydrogens (tertiary/aromatic N) is 1. The lowest BCUT2D eigenvalue weighted by Gasteiger charge is -2.19. The fourth-order valence-corrected chi connectivity index (χ4v) is 1.93. The number of carbonyl (C=O) groups excluding carboxylic acids is 2. The number of anilines is 1. The highest BCUT2D eigenvalue weighted by atomic mass is 35.5. The van der Waals surface area contributed by atoms with Crippen molar-refractivity contribution in [3.63, 3.8) is 0 Å². The molecule has 118 valence electrons. The van der Waals surface area contributed by atoms with Crippen LogP contribution >= 0.6 is 12.4 Å². The molecule has 1 atom stereocenters. The van der Waals surface area contributed by atoms with Crippen molar-refractivity contribution in [3.05, 3.63) is 29.3 Å². The predicted octanol–water partition coefficient (Wildman–Crippen LogP) is 1.86. The molecular weight excluding hydrogens is 290 g/mol. The van der Waals surface area contributed by atoms with E-state index in [0.29, 0.717) is 0 Å². The first-order chi connectivity index (χ1) is 9.31. The molecule has 1 rings (SSSR count). The Balaban J connectivity index is 0.00000400. The van der Waals surface area contributed by atoms with Gasteiger partial charge in [0.2, 0.25) is 11.8 Å². The minimum atomic E-state index is -0.206. The first kappa shape index (κ1) is 19.4. The van der Waals surface area contributed by atoms with Gasteiger partial charge < -0.3 is 16.0 Å². The van der Waals surface area contributed by atoms with Gasteiger partial charge in [-0.2, -0.15) is 0 Å². The van der Waals surface area contributed by atoms with Crippen LogP contribution in [0.5, 0.6) is 0 Å². The molecule has 0 aliphatic rings. The third-order valence-corrected chi connectivity index (χ3v) is 3.05. The Morgan fingerprint density at radius 1 is 1.29 bits per heavy atom. The molecule has 2 amide bonds. The molecular formula is C15H24ClN3O2. The van der Waals surface area contributed by atoms with E-state index in [2.05, 4.69) is 5.32 Å². The largest absolute Gasteiger partial charge is 0.336 e. The molecule has 0 aliphatic heterocycles. The van der Waals surface area contributed by atoms with E-state index < -0.39 is 0 Å². The number of rotatable bonds is 5. The topological polar surface area (TPSA) is 75.4 Å². The minimum absolute atomic E-state index is 0. The molecule has 21 heavy (non-hydrogen) atoms. The number of likely N-dealkylation sites (N-methyl/N-ethyl adjacent to an activating group) is 1. The fourth-order valence-electron chi connectivity index (χ4n) is 1.93. The molecule has 6 heteroatoms. The quantitative estimate of drug-likeness (QED) is 0.871. The van der Waals surface area contributed by atoms with E-state index in [0.717, 1.165) is 16.8 Å². The summed E-state index contributed by atoms with van der Waals surface area (Å²) in [6.07, 6.45) is 0.243. The number of aryl methyl sites for hydroxylation is 2. The summed E-state index contributed by atoms with van der Waals surface area (Å²) in [5.74, 6) is -0.334. The zero-order valence-corrected chi connectivity index (χ0v) is 13.8. The Hall–Kier alpha value is -1.59. The summed E-state index contributed by atoms with van der Waals surface area (Å²) in [6.45, 7) is 5.67. The van der Waals surface area contributed by atoms with E-state index in [1.807, 2.05) is 32.0 Å². The van der Waals surface area contributed by atoms with Gasteiger partial charge >= 0.3 is 0 Å². The second-order valence-corrected chi connectivity index (χ2v) is 5.25. The summed E-state index contributed by atoms with van der Waals surface area (Å²) in [6, 6.07) is 5.62. The van der Waals surface area contributed by atoms with Gasteiger partial charge in [0.25, 0.3) is 0 Å². The molecule has 0 saturated carbocycles.